The summed E-state index contributed by atoms with van der Waals surface area (Å²) in [5, 5.41) is 0. The summed E-state index contributed by atoms with van der Waals surface area (Å²) in [6, 6.07) is 6.53. The summed E-state index contributed by atoms with van der Waals surface area (Å²) < 4.78 is 5.10. The number of ether oxygens (including phenoxy) is 1. The van der Waals surface area contributed by atoms with E-state index in [-0.39, 0.29) is 23.9 Å². The first-order valence-electron chi connectivity index (χ1n) is 7.12. The molecule has 0 unspecified atom stereocenters. The predicted molar refractivity (Wildman–Crippen MR) is 80.0 cm³/mol. The zero-order valence-electron chi connectivity index (χ0n) is 13.2. The van der Waals surface area contributed by atoms with Gasteiger partial charge in [0.05, 0.1) is 7.11 Å². The van der Waals surface area contributed by atoms with Gasteiger partial charge in [0.15, 0.2) is 0 Å². The Morgan fingerprint density at radius 1 is 1.24 bits per heavy atom. The van der Waals surface area contributed by atoms with Crippen molar-refractivity contribution < 1.29 is 14.3 Å². The van der Waals surface area contributed by atoms with Gasteiger partial charge in [-0.15, -0.1) is 0 Å². The molecule has 1 aliphatic rings. The van der Waals surface area contributed by atoms with Crippen molar-refractivity contribution in [3.8, 4) is 5.75 Å². The Labute approximate surface area is 125 Å². The largest absolute Gasteiger partial charge is 0.497 e. The summed E-state index contributed by atoms with van der Waals surface area (Å²) in [7, 11) is 3.34. The van der Waals surface area contributed by atoms with E-state index in [0.717, 1.165) is 0 Å². The van der Waals surface area contributed by atoms with Crippen LogP contribution >= 0.6 is 0 Å². The Bertz CT molecular complexity index is 539. The first-order chi connectivity index (χ1) is 9.88. The smallest absolute Gasteiger partial charge is 0.256 e. The van der Waals surface area contributed by atoms with Crippen LogP contribution in [0.2, 0.25) is 0 Å². The van der Waals surface area contributed by atoms with Gasteiger partial charge in [0.1, 0.15) is 18.0 Å². The third-order valence-electron chi connectivity index (χ3n) is 3.97. The number of carbonyl (C=O) groups is 2. The Morgan fingerprint density at radius 3 is 2.29 bits per heavy atom. The van der Waals surface area contributed by atoms with Crippen LogP contribution < -0.4 is 4.74 Å². The highest BCUT2D eigenvalue weighted by Crippen LogP contribution is 2.28. The fraction of sp³-hybridized carbons (Fsp3) is 0.500. The second-order valence-corrected chi connectivity index (χ2v) is 5.72. The molecule has 0 aromatic heterocycles. The number of nitrogens with zero attached hydrogens (tertiary/aromatic N) is 2. The number of carbonyl (C=O) groups excluding carboxylic acids is 2. The molecular formula is C16H22N2O3. The van der Waals surface area contributed by atoms with Crippen molar-refractivity contribution in [1.82, 2.24) is 9.80 Å². The molecule has 2 atom stereocenters. The number of likely N-dealkylation sites (N-methyl/N-ethyl adjacent to an activating group) is 1. The standard InChI is InChI=1S/C16H22N2O3/c1-10(2)14-17(4)15(19)11(3)18(14)16(20)12-6-8-13(21-5)9-7-12/h6-11,14H,1-5H3/t11-,14-/m0/s1. The minimum atomic E-state index is -0.433. The molecule has 2 amide bonds. The van der Waals surface area contributed by atoms with Gasteiger partial charge < -0.3 is 14.5 Å². The van der Waals surface area contributed by atoms with Crippen molar-refractivity contribution in [2.75, 3.05) is 14.2 Å². The monoisotopic (exact) mass is 290 g/mol. The molecule has 5 nitrogen and oxygen atoms in total. The minimum absolute atomic E-state index is 0.0180. The first-order valence-corrected chi connectivity index (χ1v) is 7.12. The molecule has 0 N–H and O–H groups in total. The maximum atomic E-state index is 12.8. The molecular weight excluding hydrogens is 268 g/mol. The van der Waals surface area contributed by atoms with Crippen LogP contribution in [0.5, 0.6) is 5.75 Å². The van der Waals surface area contributed by atoms with Crippen LogP contribution in [0.25, 0.3) is 0 Å². The van der Waals surface area contributed by atoms with Crippen LogP contribution in [-0.4, -0.2) is 48.0 Å². The lowest BCUT2D eigenvalue weighted by atomic mass is 10.1. The van der Waals surface area contributed by atoms with Crippen molar-refractivity contribution in [3.05, 3.63) is 29.8 Å². The second-order valence-electron chi connectivity index (χ2n) is 5.72. The predicted octanol–water partition coefficient (Wildman–Crippen LogP) is 1.98. The summed E-state index contributed by atoms with van der Waals surface area (Å²) in [5.74, 6) is 0.734. The molecule has 0 bridgehead atoms. The van der Waals surface area contributed by atoms with E-state index in [4.69, 9.17) is 4.74 Å². The highest BCUT2D eigenvalue weighted by Gasteiger charge is 2.45. The molecule has 2 rings (SSSR count). The Kier molecular flexibility index (Phi) is 4.21. The fourth-order valence-electron chi connectivity index (χ4n) is 2.91. The maximum Gasteiger partial charge on any atom is 0.256 e. The number of hydrogen-bond donors (Lipinski definition) is 0. The van der Waals surface area contributed by atoms with Crippen molar-refractivity contribution in [2.45, 2.75) is 33.0 Å². The summed E-state index contributed by atoms with van der Waals surface area (Å²) in [4.78, 5) is 28.3. The molecule has 21 heavy (non-hydrogen) atoms. The van der Waals surface area contributed by atoms with Crippen molar-refractivity contribution in [1.29, 1.82) is 0 Å². The van der Waals surface area contributed by atoms with E-state index < -0.39 is 6.04 Å². The van der Waals surface area contributed by atoms with E-state index in [9.17, 15) is 9.59 Å². The lowest BCUT2D eigenvalue weighted by Crippen LogP contribution is -2.46. The first kappa shape index (κ1) is 15.4. The average Bonchev–Trinajstić information content (AvgIpc) is 2.71. The van der Waals surface area contributed by atoms with Gasteiger partial charge in [0, 0.05) is 12.6 Å². The van der Waals surface area contributed by atoms with Gasteiger partial charge in [0.25, 0.3) is 5.91 Å². The van der Waals surface area contributed by atoms with Crippen LogP contribution in [0, 0.1) is 5.92 Å². The lowest BCUT2D eigenvalue weighted by Gasteiger charge is -2.32. The molecule has 114 valence electrons. The normalized spacial score (nSPS) is 22.1. The van der Waals surface area contributed by atoms with E-state index in [0.29, 0.717) is 11.3 Å². The van der Waals surface area contributed by atoms with Crippen molar-refractivity contribution in [3.63, 3.8) is 0 Å². The van der Waals surface area contributed by atoms with E-state index in [1.54, 1.807) is 55.1 Å². The third-order valence-corrected chi connectivity index (χ3v) is 3.97. The summed E-state index contributed by atoms with van der Waals surface area (Å²) in [5.41, 5.74) is 0.566. The minimum Gasteiger partial charge on any atom is -0.497 e. The van der Waals surface area contributed by atoms with E-state index in [1.165, 1.54) is 0 Å². The van der Waals surface area contributed by atoms with E-state index in [1.807, 2.05) is 13.8 Å². The molecule has 1 aliphatic heterocycles. The molecule has 0 aliphatic carbocycles. The highest BCUT2D eigenvalue weighted by atomic mass is 16.5. The zero-order chi connectivity index (χ0) is 15.7. The van der Waals surface area contributed by atoms with Crippen molar-refractivity contribution in [2.24, 2.45) is 5.92 Å². The Balaban J connectivity index is 2.33. The molecule has 1 heterocycles. The van der Waals surface area contributed by atoms with Gasteiger partial charge in [-0.3, -0.25) is 9.59 Å². The maximum absolute atomic E-state index is 12.8. The lowest BCUT2D eigenvalue weighted by molar-refractivity contribution is -0.128. The van der Waals surface area contributed by atoms with Gasteiger partial charge in [-0.25, -0.2) is 0 Å². The summed E-state index contributed by atoms with van der Waals surface area (Å²) >= 11 is 0. The van der Waals surface area contributed by atoms with Crippen molar-refractivity contribution >= 4 is 11.8 Å². The molecule has 1 aromatic carbocycles. The number of benzene rings is 1. The number of hydrogen-bond acceptors (Lipinski definition) is 3. The Hall–Kier alpha value is -2.04. The fourth-order valence-corrected chi connectivity index (χ4v) is 2.91. The highest BCUT2D eigenvalue weighted by molar-refractivity contribution is 5.99. The van der Waals surface area contributed by atoms with Crippen LogP contribution in [0.15, 0.2) is 24.3 Å². The topological polar surface area (TPSA) is 49.9 Å². The number of rotatable bonds is 3. The quantitative estimate of drug-likeness (QED) is 0.855. The van der Waals surface area contributed by atoms with E-state index in [2.05, 4.69) is 0 Å². The Morgan fingerprint density at radius 2 is 1.81 bits per heavy atom. The number of amides is 2. The van der Waals surface area contributed by atoms with Crippen LogP contribution in [0.3, 0.4) is 0 Å². The molecule has 5 heteroatoms. The summed E-state index contributed by atoms with van der Waals surface area (Å²) in [6.45, 7) is 5.81. The van der Waals surface area contributed by atoms with Crippen LogP contribution in [0.1, 0.15) is 31.1 Å². The molecule has 1 aromatic rings. The van der Waals surface area contributed by atoms with Crippen LogP contribution in [0.4, 0.5) is 0 Å². The molecule has 0 radical (unpaired) electrons. The van der Waals surface area contributed by atoms with Gasteiger partial charge in [-0.1, -0.05) is 13.8 Å². The summed E-state index contributed by atoms with van der Waals surface area (Å²) in [6.07, 6.45) is -0.206. The van der Waals surface area contributed by atoms with Gasteiger partial charge >= 0.3 is 0 Å². The van der Waals surface area contributed by atoms with Gasteiger partial charge in [-0.05, 0) is 37.1 Å². The molecule has 1 fully saturated rings. The van der Waals surface area contributed by atoms with Crippen LogP contribution in [-0.2, 0) is 4.79 Å². The zero-order valence-corrected chi connectivity index (χ0v) is 13.2. The second kappa shape index (κ2) is 5.76. The SMILES string of the molecule is COc1ccc(C(=O)N2[C@@H](C)C(=O)N(C)[C@@H]2C(C)C)cc1. The molecule has 0 saturated carbocycles. The van der Waals surface area contributed by atoms with Gasteiger partial charge in [-0.2, -0.15) is 0 Å². The number of methoxy groups -OCH3 is 1. The molecule has 0 spiro atoms. The average molecular weight is 290 g/mol. The third kappa shape index (κ3) is 2.60. The van der Waals surface area contributed by atoms with E-state index >= 15 is 0 Å². The van der Waals surface area contributed by atoms with Gasteiger partial charge in [0.2, 0.25) is 5.91 Å². The molecule has 1 saturated heterocycles.